The standard InChI is InChI=1S/C19H21NO5/c1-13(25-12-14-7-6-10-16(11-14)24-2)18(21)20-17(19(22)23)15-8-4-3-5-9-15/h3-11,13,17H,12H2,1-2H3,(H,20,21)(H,22,23). The molecule has 2 aromatic rings. The molecule has 0 aromatic heterocycles. The lowest BCUT2D eigenvalue weighted by molar-refractivity contribution is -0.144. The Labute approximate surface area is 146 Å². The quantitative estimate of drug-likeness (QED) is 0.769. The molecule has 0 fully saturated rings. The van der Waals surface area contributed by atoms with Gasteiger partial charge >= 0.3 is 5.97 Å². The fraction of sp³-hybridized carbons (Fsp3) is 0.263. The van der Waals surface area contributed by atoms with Gasteiger partial charge in [-0.1, -0.05) is 42.5 Å². The molecule has 0 saturated carbocycles. The van der Waals surface area contributed by atoms with Crippen molar-refractivity contribution < 1.29 is 24.2 Å². The smallest absolute Gasteiger partial charge is 0.330 e. The van der Waals surface area contributed by atoms with Gasteiger partial charge in [0.15, 0.2) is 6.04 Å². The molecule has 2 aromatic carbocycles. The Hall–Kier alpha value is -2.86. The van der Waals surface area contributed by atoms with Crippen LogP contribution in [0.1, 0.15) is 24.1 Å². The van der Waals surface area contributed by atoms with E-state index >= 15 is 0 Å². The van der Waals surface area contributed by atoms with E-state index in [2.05, 4.69) is 5.32 Å². The van der Waals surface area contributed by atoms with Crippen molar-refractivity contribution in [1.82, 2.24) is 5.32 Å². The number of carbonyl (C=O) groups excluding carboxylic acids is 1. The number of ether oxygens (including phenoxy) is 2. The summed E-state index contributed by atoms with van der Waals surface area (Å²) in [5, 5.41) is 11.9. The second-order valence-electron chi connectivity index (χ2n) is 5.50. The molecule has 2 unspecified atom stereocenters. The Balaban J connectivity index is 1.95. The Bertz CT molecular complexity index is 717. The Morgan fingerprint density at radius 1 is 1.12 bits per heavy atom. The molecule has 2 N–H and O–H groups in total. The predicted molar refractivity (Wildman–Crippen MR) is 92.2 cm³/mol. The third kappa shape index (κ3) is 5.32. The molecule has 0 saturated heterocycles. The lowest BCUT2D eigenvalue weighted by atomic mass is 10.1. The largest absolute Gasteiger partial charge is 0.497 e. The number of hydrogen-bond acceptors (Lipinski definition) is 4. The number of nitrogens with one attached hydrogen (secondary N) is 1. The van der Waals surface area contributed by atoms with Crippen LogP contribution < -0.4 is 10.1 Å². The van der Waals surface area contributed by atoms with Gasteiger partial charge in [-0.15, -0.1) is 0 Å². The molecule has 132 valence electrons. The molecule has 2 rings (SSSR count). The topological polar surface area (TPSA) is 84.9 Å². The summed E-state index contributed by atoms with van der Waals surface area (Å²) in [6, 6.07) is 14.7. The monoisotopic (exact) mass is 343 g/mol. The average Bonchev–Trinajstić information content (AvgIpc) is 2.64. The second-order valence-corrected chi connectivity index (χ2v) is 5.50. The highest BCUT2D eigenvalue weighted by Gasteiger charge is 2.24. The minimum Gasteiger partial charge on any atom is -0.497 e. The molecule has 0 aliphatic heterocycles. The van der Waals surface area contributed by atoms with Gasteiger partial charge in [0.25, 0.3) is 0 Å². The summed E-state index contributed by atoms with van der Waals surface area (Å²) in [5.74, 6) is -0.910. The number of carboxylic acid groups (broad SMARTS) is 1. The van der Waals surface area contributed by atoms with Crippen molar-refractivity contribution in [2.75, 3.05) is 7.11 Å². The van der Waals surface area contributed by atoms with Gasteiger partial charge in [0, 0.05) is 0 Å². The van der Waals surface area contributed by atoms with Crippen molar-refractivity contribution in [2.45, 2.75) is 25.7 Å². The number of methoxy groups -OCH3 is 1. The van der Waals surface area contributed by atoms with Gasteiger partial charge in [0.2, 0.25) is 5.91 Å². The maximum atomic E-state index is 12.3. The van der Waals surface area contributed by atoms with Crippen molar-refractivity contribution in [1.29, 1.82) is 0 Å². The average molecular weight is 343 g/mol. The molecule has 0 aliphatic rings. The molecule has 0 radical (unpaired) electrons. The third-order valence-corrected chi connectivity index (χ3v) is 3.67. The van der Waals surface area contributed by atoms with Crippen molar-refractivity contribution in [3.63, 3.8) is 0 Å². The molecule has 6 nitrogen and oxygen atoms in total. The van der Waals surface area contributed by atoms with E-state index in [1.54, 1.807) is 44.4 Å². The zero-order chi connectivity index (χ0) is 18.2. The molecule has 0 aliphatic carbocycles. The third-order valence-electron chi connectivity index (χ3n) is 3.67. The minimum atomic E-state index is -1.13. The number of carbonyl (C=O) groups is 2. The van der Waals surface area contributed by atoms with E-state index in [0.29, 0.717) is 11.3 Å². The van der Waals surface area contributed by atoms with Crippen LogP contribution in [0.5, 0.6) is 5.75 Å². The summed E-state index contributed by atoms with van der Waals surface area (Å²) < 4.78 is 10.7. The Morgan fingerprint density at radius 2 is 1.84 bits per heavy atom. The van der Waals surface area contributed by atoms with E-state index in [1.807, 2.05) is 24.3 Å². The zero-order valence-corrected chi connectivity index (χ0v) is 14.1. The van der Waals surface area contributed by atoms with Crippen LogP contribution in [0.25, 0.3) is 0 Å². The zero-order valence-electron chi connectivity index (χ0n) is 14.1. The van der Waals surface area contributed by atoms with E-state index < -0.39 is 24.0 Å². The molecule has 25 heavy (non-hydrogen) atoms. The van der Waals surface area contributed by atoms with Crippen LogP contribution in [0.3, 0.4) is 0 Å². The predicted octanol–water partition coefficient (Wildman–Crippen LogP) is 2.54. The van der Waals surface area contributed by atoms with Gasteiger partial charge < -0.3 is 19.9 Å². The first-order valence-corrected chi connectivity index (χ1v) is 7.84. The van der Waals surface area contributed by atoms with Gasteiger partial charge in [-0.25, -0.2) is 4.79 Å². The molecule has 2 atom stereocenters. The fourth-order valence-corrected chi connectivity index (χ4v) is 2.25. The van der Waals surface area contributed by atoms with Crippen LogP contribution in [-0.2, 0) is 20.9 Å². The van der Waals surface area contributed by atoms with Crippen LogP contribution in [0.4, 0.5) is 0 Å². The first kappa shape index (κ1) is 18.5. The highest BCUT2D eigenvalue weighted by Crippen LogP contribution is 2.15. The maximum absolute atomic E-state index is 12.3. The van der Waals surface area contributed by atoms with Crippen LogP contribution >= 0.6 is 0 Å². The Kier molecular flexibility index (Phi) is 6.54. The lowest BCUT2D eigenvalue weighted by Crippen LogP contribution is -2.40. The van der Waals surface area contributed by atoms with Crippen molar-refractivity contribution in [2.24, 2.45) is 0 Å². The van der Waals surface area contributed by atoms with E-state index in [1.165, 1.54) is 0 Å². The number of amides is 1. The normalized spacial score (nSPS) is 12.9. The van der Waals surface area contributed by atoms with Gasteiger partial charge in [0.05, 0.1) is 13.7 Å². The summed E-state index contributed by atoms with van der Waals surface area (Å²) >= 11 is 0. The number of carboxylic acids is 1. The number of rotatable bonds is 8. The molecule has 1 amide bonds. The van der Waals surface area contributed by atoms with E-state index in [4.69, 9.17) is 9.47 Å². The number of hydrogen-bond donors (Lipinski definition) is 2. The molecule has 6 heteroatoms. The molecule has 0 heterocycles. The van der Waals surface area contributed by atoms with Gasteiger partial charge in [0.1, 0.15) is 11.9 Å². The van der Waals surface area contributed by atoms with Crippen molar-refractivity contribution >= 4 is 11.9 Å². The maximum Gasteiger partial charge on any atom is 0.330 e. The van der Waals surface area contributed by atoms with Crippen LogP contribution in [0, 0.1) is 0 Å². The van der Waals surface area contributed by atoms with Crippen LogP contribution in [-0.4, -0.2) is 30.2 Å². The number of aliphatic carboxylic acids is 1. The lowest BCUT2D eigenvalue weighted by Gasteiger charge is -2.18. The molecule has 0 spiro atoms. The summed E-state index contributed by atoms with van der Waals surface area (Å²) in [7, 11) is 1.58. The summed E-state index contributed by atoms with van der Waals surface area (Å²) in [5.41, 5.74) is 1.36. The first-order valence-electron chi connectivity index (χ1n) is 7.84. The van der Waals surface area contributed by atoms with Gasteiger partial charge in [-0.05, 0) is 30.2 Å². The van der Waals surface area contributed by atoms with Crippen molar-refractivity contribution in [3.8, 4) is 5.75 Å². The van der Waals surface area contributed by atoms with Crippen molar-refractivity contribution in [3.05, 3.63) is 65.7 Å². The SMILES string of the molecule is COc1cccc(COC(C)C(=O)NC(C(=O)O)c2ccccc2)c1. The highest BCUT2D eigenvalue weighted by molar-refractivity contribution is 5.86. The van der Waals surface area contributed by atoms with E-state index in [-0.39, 0.29) is 6.61 Å². The summed E-state index contributed by atoms with van der Waals surface area (Å²) in [6.45, 7) is 1.80. The minimum absolute atomic E-state index is 0.217. The number of benzene rings is 2. The second kappa shape index (κ2) is 8.84. The first-order chi connectivity index (χ1) is 12.0. The van der Waals surface area contributed by atoms with Crippen LogP contribution in [0.2, 0.25) is 0 Å². The van der Waals surface area contributed by atoms with Gasteiger partial charge in [-0.3, -0.25) is 4.79 Å². The van der Waals surface area contributed by atoms with E-state index in [9.17, 15) is 14.7 Å². The fourth-order valence-electron chi connectivity index (χ4n) is 2.25. The Morgan fingerprint density at radius 3 is 2.48 bits per heavy atom. The van der Waals surface area contributed by atoms with Crippen LogP contribution in [0.15, 0.2) is 54.6 Å². The molecule has 0 bridgehead atoms. The molecular weight excluding hydrogens is 322 g/mol. The summed E-state index contributed by atoms with van der Waals surface area (Å²) in [4.78, 5) is 23.7. The highest BCUT2D eigenvalue weighted by atomic mass is 16.5. The van der Waals surface area contributed by atoms with Gasteiger partial charge in [-0.2, -0.15) is 0 Å². The summed E-state index contributed by atoms with van der Waals surface area (Å²) in [6.07, 6.45) is -0.795. The molecular formula is C19H21NO5. The van der Waals surface area contributed by atoms with E-state index in [0.717, 1.165) is 5.56 Å².